The maximum Gasteiger partial charge on any atom is 0.253 e. The normalized spacial score (nSPS) is 10.5. The third-order valence-corrected chi connectivity index (χ3v) is 3.36. The molecule has 0 atom stereocenters. The summed E-state index contributed by atoms with van der Waals surface area (Å²) in [6, 6.07) is 9.51. The fraction of sp³-hybridized carbons (Fsp3) is 0.286. The van der Waals surface area contributed by atoms with E-state index < -0.39 is 0 Å². The van der Waals surface area contributed by atoms with Gasteiger partial charge in [0.1, 0.15) is 5.82 Å². The molecule has 4 nitrogen and oxygen atoms in total. The Kier molecular flexibility index (Phi) is 4.37. The highest BCUT2D eigenvalue weighted by Crippen LogP contribution is 2.13. The van der Waals surface area contributed by atoms with Gasteiger partial charge in [-0.15, -0.1) is 0 Å². The molecule has 100 valence electrons. The van der Waals surface area contributed by atoms with Crippen LogP contribution in [0.1, 0.15) is 11.5 Å². The van der Waals surface area contributed by atoms with E-state index in [1.165, 1.54) is 0 Å². The first-order chi connectivity index (χ1) is 9.06. The molecule has 0 saturated carbocycles. The van der Waals surface area contributed by atoms with Gasteiger partial charge < -0.3 is 5.32 Å². The molecule has 2 aromatic rings. The number of aromatic nitrogens is 2. The predicted molar refractivity (Wildman–Crippen MR) is 80.6 cm³/mol. The van der Waals surface area contributed by atoms with Crippen molar-refractivity contribution in [2.75, 3.05) is 11.9 Å². The van der Waals surface area contributed by atoms with Crippen LogP contribution in [0.4, 0.5) is 5.69 Å². The third-order valence-electron chi connectivity index (χ3n) is 2.84. The lowest BCUT2D eigenvalue weighted by atomic mass is 10.3. The van der Waals surface area contributed by atoms with Crippen molar-refractivity contribution in [3.63, 3.8) is 0 Å². The van der Waals surface area contributed by atoms with Crippen LogP contribution in [0.25, 0.3) is 0 Å². The minimum atomic E-state index is 0.00241. The standard InChI is InChI=1S/C14H16BrN3O/c1-10-9-14(19)18(11(2)17-10)8-7-16-13-5-3-12(15)4-6-13/h3-6,9,16H,7-8H2,1-2H3. The molecule has 1 aromatic carbocycles. The number of nitrogens with zero attached hydrogens (tertiary/aromatic N) is 2. The van der Waals surface area contributed by atoms with Crippen LogP contribution in [0, 0.1) is 13.8 Å². The van der Waals surface area contributed by atoms with Gasteiger partial charge in [0.25, 0.3) is 5.56 Å². The van der Waals surface area contributed by atoms with E-state index in [4.69, 9.17) is 0 Å². The summed E-state index contributed by atoms with van der Waals surface area (Å²) in [5.41, 5.74) is 1.80. The molecular formula is C14H16BrN3O. The lowest BCUT2D eigenvalue weighted by molar-refractivity contribution is 0.648. The first kappa shape index (κ1) is 13.8. The zero-order chi connectivity index (χ0) is 13.8. The van der Waals surface area contributed by atoms with Gasteiger partial charge in [-0.25, -0.2) is 4.98 Å². The molecule has 0 saturated heterocycles. The van der Waals surface area contributed by atoms with Gasteiger partial charge in [0.05, 0.1) is 0 Å². The molecule has 5 heteroatoms. The molecule has 1 heterocycles. The van der Waals surface area contributed by atoms with Crippen molar-refractivity contribution in [3.05, 3.63) is 56.7 Å². The SMILES string of the molecule is Cc1cc(=O)n(CCNc2ccc(Br)cc2)c(C)n1. The largest absolute Gasteiger partial charge is 0.383 e. The van der Waals surface area contributed by atoms with Crippen LogP contribution >= 0.6 is 15.9 Å². The van der Waals surface area contributed by atoms with E-state index in [0.717, 1.165) is 21.7 Å². The molecule has 19 heavy (non-hydrogen) atoms. The Hall–Kier alpha value is -1.62. The van der Waals surface area contributed by atoms with Crippen molar-refractivity contribution in [1.29, 1.82) is 0 Å². The minimum Gasteiger partial charge on any atom is -0.383 e. The minimum absolute atomic E-state index is 0.00241. The summed E-state index contributed by atoms with van der Waals surface area (Å²) in [5, 5.41) is 3.28. The molecule has 0 spiro atoms. The fourth-order valence-corrected chi connectivity index (χ4v) is 2.18. The zero-order valence-electron chi connectivity index (χ0n) is 11.0. The van der Waals surface area contributed by atoms with E-state index in [2.05, 4.69) is 26.2 Å². The Morgan fingerprint density at radius 3 is 2.58 bits per heavy atom. The summed E-state index contributed by atoms with van der Waals surface area (Å²) in [5.74, 6) is 0.752. The molecule has 0 aliphatic carbocycles. The van der Waals surface area contributed by atoms with E-state index in [0.29, 0.717) is 13.1 Å². The van der Waals surface area contributed by atoms with Crippen LogP contribution in [-0.2, 0) is 6.54 Å². The average Bonchev–Trinajstić information content (AvgIpc) is 2.34. The van der Waals surface area contributed by atoms with Crippen molar-refractivity contribution in [2.24, 2.45) is 0 Å². The Labute approximate surface area is 120 Å². The average molecular weight is 322 g/mol. The first-order valence-electron chi connectivity index (χ1n) is 6.11. The van der Waals surface area contributed by atoms with Gasteiger partial charge in [-0.3, -0.25) is 9.36 Å². The second-order valence-corrected chi connectivity index (χ2v) is 5.28. The van der Waals surface area contributed by atoms with E-state index in [1.54, 1.807) is 10.6 Å². The van der Waals surface area contributed by atoms with E-state index >= 15 is 0 Å². The van der Waals surface area contributed by atoms with Crippen LogP contribution in [-0.4, -0.2) is 16.1 Å². The van der Waals surface area contributed by atoms with Crippen molar-refractivity contribution in [2.45, 2.75) is 20.4 Å². The summed E-state index contributed by atoms with van der Waals surface area (Å²) in [6.07, 6.45) is 0. The number of halogens is 1. The van der Waals surface area contributed by atoms with Crippen LogP contribution in [0.15, 0.2) is 39.6 Å². The summed E-state index contributed by atoms with van der Waals surface area (Å²) in [7, 11) is 0. The number of anilines is 1. The highest BCUT2D eigenvalue weighted by Gasteiger charge is 2.02. The maximum atomic E-state index is 11.8. The van der Waals surface area contributed by atoms with Gasteiger partial charge in [0, 0.05) is 35.0 Å². The Bertz CT molecular complexity index is 620. The Morgan fingerprint density at radius 1 is 1.26 bits per heavy atom. The molecule has 1 aromatic heterocycles. The third kappa shape index (κ3) is 3.67. The monoisotopic (exact) mass is 321 g/mol. The van der Waals surface area contributed by atoms with Crippen LogP contribution in [0.3, 0.4) is 0 Å². The van der Waals surface area contributed by atoms with Gasteiger partial charge in [-0.2, -0.15) is 0 Å². The second-order valence-electron chi connectivity index (χ2n) is 4.37. The number of rotatable bonds is 4. The number of benzene rings is 1. The van der Waals surface area contributed by atoms with E-state index in [-0.39, 0.29) is 5.56 Å². The highest BCUT2D eigenvalue weighted by molar-refractivity contribution is 9.10. The summed E-state index contributed by atoms with van der Waals surface area (Å²) >= 11 is 3.39. The summed E-state index contributed by atoms with van der Waals surface area (Å²) in [4.78, 5) is 16.1. The molecule has 0 bridgehead atoms. The number of hydrogen-bond donors (Lipinski definition) is 1. The Balaban J connectivity index is 2.00. The summed E-state index contributed by atoms with van der Waals surface area (Å²) in [6.45, 7) is 4.98. The van der Waals surface area contributed by atoms with Crippen molar-refractivity contribution in [3.8, 4) is 0 Å². The van der Waals surface area contributed by atoms with Crippen LogP contribution in [0.5, 0.6) is 0 Å². The molecule has 2 rings (SSSR count). The molecular weight excluding hydrogens is 306 g/mol. The van der Waals surface area contributed by atoms with Crippen LogP contribution < -0.4 is 10.9 Å². The fourth-order valence-electron chi connectivity index (χ4n) is 1.92. The number of hydrogen-bond acceptors (Lipinski definition) is 3. The molecule has 0 radical (unpaired) electrons. The lowest BCUT2D eigenvalue weighted by Crippen LogP contribution is -2.26. The van der Waals surface area contributed by atoms with Crippen molar-refractivity contribution >= 4 is 21.6 Å². The smallest absolute Gasteiger partial charge is 0.253 e. The van der Waals surface area contributed by atoms with Gasteiger partial charge in [0.15, 0.2) is 0 Å². The first-order valence-corrected chi connectivity index (χ1v) is 6.90. The predicted octanol–water partition coefficient (Wildman–Crippen LogP) is 2.73. The molecule has 0 fully saturated rings. The van der Waals surface area contributed by atoms with Gasteiger partial charge in [-0.05, 0) is 38.1 Å². The van der Waals surface area contributed by atoms with Crippen molar-refractivity contribution < 1.29 is 0 Å². The van der Waals surface area contributed by atoms with Gasteiger partial charge >= 0.3 is 0 Å². The van der Waals surface area contributed by atoms with E-state index in [9.17, 15) is 4.79 Å². The molecule has 0 aliphatic heterocycles. The second kappa shape index (κ2) is 6.02. The van der Waals surface area contributed by atoms with E-state index in [1.807, 2.05) is 38.1 Å². The van der Waals surface area contributed by atoms with Gasteiger partial charge in [0.2, 0.25) is 0 Å². The van der Waals surface area contributed by atoms with Crippen molar-refractivity contribution in [1.82, 2.24) is 9.55 Å². The topological polar surface area (TPSA) is 46.9 Å². The Morgan fingerprint density at radius 2 is 1.95 bits per heavy atom. The molecule has 0 unspecified atom stereocenters. The maximum absolute atomic E-state index is 11.8. The molecule has 0 aliphatic rings. The quantitative estimate of drug-likeness (QED) is 0.941. The summed E-state index contributed by atoms with van der Waals surface area (Å²) < 4.78 is 2.73. The van der Waals surface area contributed by atoms with Crippen LogP contribution in [0.2, 0.25) is 0 Å². The number of aryl methyl sites for hydroxylation is 2. The van der Waals surface area contributed by atoms with Gasteiger partial charge in [-0.1, -0.05) is 15.9 Å². The lowest BCUT2D eigenvalue weighted by Gasteiger charge is -2.11. The molecule has 0 amide bonds. The molecule has 1 N–H and O–H groups in total. The highest BCUT2D eigenvalue weighted by atomic mass is 79.9. The zero-order valence-corrected chi connectivity index (χ0v) is 12.6. The number of nitrogens with one attached hydrogen (secondary N) is 1.